The monoisotopic (exact) mass is 424 g/mol. The number of hydrogen-bond donors (Lipinski definition) is 1. The molecule has 0 saturated carbocycles. The van der Waals surface area contributed by atoms with Crippen LogP contribution in [-0.2, 0) is 0 Å². The van der Waals surface area contributed by atoms with Crippen LogP contribution < -0.4 is 19.7 Å². The summed E-state index contributed by atoms with van der Waals surface area (Å²) in [6.45, 7) is 2.12. The number of methoxy groups -OCH3 is 2. The topological polar surface area (TPSA) is 76.6 Å². The number of ether oxygens (including phenoxy) is 2. The first-order valence-corrected chi connectivity index (χ1v) is 10.8. The number of aromatic nitrogens is 2. The summed E-state index contributed by atoms with van der Waals surface area (Å²) in [5.74, 6) is 1.88. The van der Waals surface area contributed by atoms with Gasteiger partial charge in [-0.1, -0.05) is 0 Å². The van der Waals surface area contributed by atoms with Gasteiger partial charge in [0.05, 0.1) is 19.9 Å². The highest BCUT2D eigenvalue weighted by atomic mass is 32.1. The van der Waals surface area contributed by atoms with Crippen molar-refractivity contribution in [3.63, 3.8) is 0 Å². The van der Waals surface area contributed by atoms with E-state index in [4.69, 9.17) is 9.47 Å². The van der Waals surface area contributed by atoms with E-state index in [1.807, 2.05) is 18.3 Å². The number of anilines is 2. The molecule has 1 aromatic carbocycles. The molecule has 0 radical (unpaired) electrons. The quantitative estimate of drug-likeness (QED) is 0.629. The second-order valence-electron chi connectivity index (χ2n) is 7.01. The predicted octanol–water partition coefficient (Wildman–Crippen LogP) is 4.46. The van der Waals surface area contributed by atoms with Gasteiger partial charge in [-0.2, -0.15) is 0 Å². The molecule has 0 bridgehead atoms. The number of carbonyl (C=O) groups excluding carboxylic acids is 1. The minimum atomic E-state index is -0.293. The van der Waals surface area contributed by atoms with Crippen LogP contribution in [0.15, 0.2) is 41.9 Å². The number of nitrogens with zero attached hydrogens (tertiary/aromatic N) is 3. The standard InChI is InChI=1S/C22H24N4O3S/c1-28-16-7-8-17(19(12-16)29-2)24-21(27)18-14-30-22(25-18)15-6-9-20(23-13-15)26-10-4-3-5-11-26/h6-9,12-14H,3-5,10-11H2,1-2H3,(H,24,27). The van der Waals surface area contributed by atoms with Crippen molar-refractivity contribution >= 4 is 28.7 Å². The number of piperidine rings is 1. The number of pyridine rings is 1. The molecule has 30 heavy (non-hydrogen) atoms. The zero-order valence-electron chi connectivity index (χ0n) is 17.1. The van der Waals surface area contributed by atoms with Gasteiger partial charge in [0.2, 0.25) is 0 Å². The van der Waals surface area contributed by atoms with Gasteiger partial charge >= 0.3 is 0 Å². The maximum absolute atomic E-state index is 12.7. The van der Waals surface area contributed by atoms with Crippen LogP contribution in [0, 0.1) is 0 Å². The van der Waals surface area contributed by atoms with E-state index >= 15 is 0 Å². The van der Waals surface area contributed by atoms with Crippen molar-refractivity contribution in [1.82, 2.24) is 9.97 Å². The Morgan fingerprint density at radius 1 is 1.10 bits per heavy atom. The molecule has 1 amide bonds. The van der Waals surface area contributed by atoms with Crippen LogP contribution in [0.1, 0.15) is 29.8 Å². The van der Waals surface area contributed by atoms with E-state index < -0.39 is 0 Å². The zero-order valence-corrected chi connectivity index (χ0v) is 17.9. The summed E-state index contributed by atoms with van der Waals surface area (Å²) in [5, 5.41) is 5.36. The number of amides is 1. The van der Waals surface area contributed by atoms with Gasteiger partial charge in [0.15, 0.2) is 0 Å². The Labute approximate surface area is 179 Å². The maximum atomic E-state index is 12.7. The van der Waals surface area contributed by atoms with Crippen LogP contribution in [0.5, 0.6) is 11.5 Å². The van der Waals surface area contributed by atoms with Crippen LogP contribution in [0.3, 0.4) is 0 Å². The highest BCUT2D eigenvalue weighted by Gasteiger charge is 2.16. The summed E-state index contributed by atoms with van der Waals surface area (Å²) in [5.41, 5.74) is 1.82. The second kappa shape index (κ2) is 9.13. The molecule has 0 spiro atoms. The van der Waals surface area contributed by atoms with Crippen molar-refractivity contribution in [3.8, 4) is 22.1 Å². The molecule has 4 rings (SSSR count). The number of benzene rings is 1. The van der Waals surface area contributed by atoms with E-state index in [0.717, 1.165) is 29.5 Å². The van der Waals surface area contributed by atoms with Gasteiger partial charge in [-0.05, 0) is 43.5 Å². The maximum Gasteiger partial charge on any atom is 0.275 e. The molecular weight excluding hydrogens is 400 g/mol. The first-order chi connectivity index (χ1) is 14.7. The highest BCUT2D eigenvalue weighted by molar-refractivity contribution is 7.13. The Bertz CT molecular complexity index is 1010. The summed E-state index contributed by atoms with van der Waals surface area (Å²) in [4.78, 5) is 24.1. The lowest BCUT2D eigenvalue weighted by Gasteiger charge is -2.27. The average molecular weight is 425 g/mol. The average Bonchev–Trinajstić information content (AvgIpc) is 3.30. The highest BCUT2D eigenvalue weighted by Crippen LogP contribution is 2.30. The van der Waals surface area contributed by atoms with Gasteiger partial charge in [0.1, 0.15) is 28.0 Å². The molecular formula is C22H24N4O3S. The summed E-state index contributed by atoms with van der Waals surface area (Å²) >= 11 is 1.42. The third-order valence-corrected chi connectivity index (χ3v) is 5.96. The number of rotatable bonds is 6. The summed E-state index contributed by atoms with van der Waals surface area (Å²) in [7, 11) is 3.13. The Morgan fingerprint density at radius 3 is 2.63 bits per heavy atom. The van der Waals surface area contributed by atoms with E-state index in [0.29, 0.717) is 22.9 Å². The Morgan fingerprint density at radius 2 is 1.93 bits per heavy atom. The molecule has 1 aliphatic rings. The normalized spacial score (nSPS) is 13.7. The van der Waals surface area contributed by atoms with E-state index in [2.05, 4.69) is 20.2 Å². The van der Waals surface area contributed by atoms with Crippen LogP contribution in [0.2, 0.25) is 0 Å². The van der Waals surface area contributed by atoms with Crippen molar-refractivity contribution in [2.24, 2.45) is 0 Å². The number of nitrogens with one attached hydrogen (secondary N) is 1. The molecule has 1 aliphatic heterocycles. The molecule has 2 aromatic heterocycles. The predicted molar refractivity (Wildman–Crippen MR) is 119 cm³/mol. The second-order valence-corrected chi connectivity index (χ2v) is 7.87. The molecule has 3 aromatic rings. The third-order valence-electron chi connectivity index (χ3n) is 5.07. The number of carbonyl (C=O) groups is 1. The van der Waals surface area contributed by atoms with Crippen LogP contribution >= 0.6 is 11.3 Å². The lowest BCUT2D eigenvalue weighted by atomic mass is 10.1. The smallest absolute Gasteiger partial charge is 0.275 e. The van der Waals surface area contributed by atoms with Crippen molar-refractivity contribution in [2.45, 2.75) is 19.3 Å². The minimum absolute atomic E-state index is 0.293. The SMILES string of the molecule is COc1ccc(NC(=O)c2csc(-c3ccc(N4CCCCC4)nc3)n2)c(OC)c1. The van der Waals surface area contributed by atoms with Gasteiger partial charge in [0, 0.05) is 36.3 Å². The van der Waals surface area contributed by atoms with E-state index in [1.54, 1.807) is 37.8 Å². The van der Waals surface area contributed by atoms with E-state index in [1.165, 1.54) is 30.6 Å². The first kappa shape index (κ1) is 20.2. The van der Waals surface area contributed by atoms with E-state index in [-0.39, 0.29) is 5.91 Å². The largest absolute Gasteiger partial charge is 0.497 e. The molecule has 8 heteroatoms. The third kappa shape index (κ3) is 4.38. The van der Waals surface area contributed by atoms with Crippen molar-refractivity contribution in [2.75, 3.05) is 37.5 Å². The summed E-state index contributed by atoms with van der Waals surface area (Å²) in [6.07, 6.45) is 5.55. The van der Waals surface area contributed by atoms with Crippen molar-refractivity contribution < 1.29 is 14.3 Å². The van der Waals surface area contributed by atoms with Gasteiger partial charge in [-0.15, -0.1) is 11.3 Å². The minimum Gasteiger partial charge on any atom is -0.497 e. The molecule has 0 aliphatic carbocycles. The Balaban J connectivity index is 1.46. The zero-order chi connectivity index (χ0) is 20.9. The van der Waals surface area contributed by atoms with Gasteiger partial charge in [-0.25, -0.2) is 9.97 Å². The number of hydrogen-bond acceptors (Lipinski definition) is 7. The van der Waals surface area contributed by atoms with Crippen LogP contribution in [0.4, 0.5) is 11.5 Å². The summed E-state index contributed by atoms with van der Waals surface area (Å²) in [6, 6.07) is 9.28. The Kier molecular flexibility index (Phi) is 6.13. The molecule has 3 heterocycles. The lowest BCUT2D eigenvalue weighted by molar-refractivity contribution is 0.102. The van der Waals surface area contributed by atoms with Crippen LogP contribution in [-0.4, -0.2) is 43.2 Å². The van der Waals surface area contributed by atoms with Gasteiger partial charge < -0.3 is 19.7 Å². The molecule has 1 N–H and O–H groups in total. The van der Waals surface area contributed by atoms with Crippen molar-refractivity contribution in [1.29, 1.82) is 0 Å². The number of thiazole rings is 1. The molecule has 7 nitrogen and oxygen atoms in total. The molecule has 1 fully saturated rings. The van der Waals surface area contributed by atoms with Gasteiger partial charge in [0.25, 0.3) is 5.91 Å². The molecule has 0 unspecified atom stereocenters. The van der Waals surface area contributed by atoms with E-state index in [9.17, 15) is 4.79 Å². The summed E-state index contributed by atoms with van der Waals surface area (Å²) < 4.78 is 10.5. The van der Waals surface area contributed by atoms with Crippen LogP contribution in [0.25, 0.3) is 10.6 Å². The van der Waals surface area contributed by atoms with Crippen molar-refractivity contribution in [3.05, 3.63) is 47.6 Å². The fourth-order valence-corrected chi connectivity index (χ4v) is 4.21. The Hall–Kier alpha value is -3.13. The lowest BCUT2D eigenvalue weighted by Crippen LogP contribution is -2.29. The molecule has 0 atom stereocenters. The fraction of sp³-hybridized carbons (Fsp3) is 0.318. The fourth-order valence-electron chi connectivity index (χ4n) is 3.42. The van der Waals surface area contributed by atoms with Gasteiger partial charge in [-0.3, -0.25) is 4.79 Å². The molecule has 1 saturated heterocycles. The first-order valence-electron chi connectivity index (χ1n) is 9.88. The molecule has 156 valence electrons.